The molecule has 0 saturated carbocycles. The van der Waals surface area contributed by atoms with Crippen molar-refractivity contribution in [2.75, 3.05) is 5.01 Å². The second-order valence-corrected chi connectivity index (χ2v) is 10.0. The molecule has 10 heteroatoms. The number of aryl methyl sites for hydroxylation is 1. The van der Waals surface area contributed by atoms with Gasteiger partial charge in [-0.3, -0.25) is 0 Å². The summed E-state index contributed by atoms with van der Waals surface area (Å²) in [6.07, 6.45) is -2.19. The molecule has 0 aliphatic carbocycles. The molecule has 0 aliphatic rings. The number of carbonyl (C=O) groups is 3. The number of hydrogen-bond donors (Lipinski definition) is 0. The first kappa shape index (κ1) is 26.7. The van der Waals surface area contributed by atoms with Gasteiger partial charge in [0.1, 0.15) is 22.9 Å². The number of nitrogens with zero attached hydrogens (tertiary/aromatic N) is 4. The molecule has 1 aromatic rings. The molecule has 0 atom stereocenters. The van der Waals surface area contributed by atoms with Gasteiger partial charge in [0.25, 0.3) is 0 Å². The van der Waals surface area contributed by atoms with Crippen molar-refractivity contribution in [2.24, 2.45) is 0 Å². The van der Waals surface area contributed by atoms with Gasteiger partial charge in [-0.25, -0.2) is 19.4 Å². The number of imide groups is 1. The van der Waals surface area contributed by atoms with Crippen LogP contribution in [0.4, 0.5) is 20.2 Å². The number of amides is 3. The Morgan fingerprint density at radius 3 is 1.62 bits per heavy atom. The summed E-state index contributed by atoms with van der Waals surface area (Å²) < 4.78 is 16.1. The summed E-state index contributed by atoms with van der Waals surface area (Å²) in [5.74, 6) is -0.279. The van der Waals surface area contributed by atoms with Crippen molar-refractivity contribution in [2.45, 2.75) is 86.0 Å². The van der Waals surface area contributed by atoms with Crippen LogP contribution in [0.15, 0.2) is 12.3 Å². The SMILES string of the molecule is Cc1ccnc(N(C(=O)OC(C)(C)C)N(C(=O)OC(C)(C)C)C(=O)OC(C)(C)C)c1C#N. The Bertz CT molecular complexity index is 888. The number of hydrazine groups is 1. The molecule has 0 aromatic carbocycles. The highest BCUT2D eigenvalue weighted by Crippen LogP contribution is 2.27. The number of hydrogen-bond acceptors (Lipinski definition) is 8. The maximum atomic E-state index is 13.2. The summed E-state index contributed by atoms with van der Waals surface area (Å²) in [6, 6.07) is 3.50. The molecular weight excluding hydrogens is 416 g/mol. The summed E-state index contributed by atoms with van der Waals surface area (Å²) in [4.78, 5) is 43.5. The lowest BCUT2D eigenvalue weighted by Gasteiger charge is -2.35. The minimum Gasteiger partial charge on any atom is -0.442 e. The Hall–Kier alpha value is -3.35. The third kappa shape index (κ3) is 7.72. The molecule has 3 amide bonds. The van der Waals surface area contributed by atoms with Crippen LogP contribution in [0.25, 0.3) is 0 Å². The average molecular weight is 449 g/mol. The molecule has 1 rings (SSSR count). The van der Waals surface area contributed by atoms with Gasteiger partial charge in [0.15, 0.2) is 5.82 Å². The van der Waals surface area contributed by atoms with Gasteiger partial charge in [-0.1, -0.05) is 0 Å². The zero-order valence-corrected chi connectivity index (χ0v) is 20.4. The van der Waals surface area contributed by atoms with E-state index in [0.717, 1.165) is 0 Å². The van der Waals surface area contributed by atoms with Crippen LogP contribution in [0, 0.1) is 18.3 Å². The standard InChI is InChI=1S/C22H32N4O6/c1-14-11-12-24-16(15(14)13-23)25(17(27)30-20(2,3)4)26(18(28)31-21(5,6)7)19(29)32-22(8,9)10/h11-12H,1-10H3. The fourth-order valence-electron chi connectivity index (χ4n) is 2.26. The Morgan fingerprint density at radius 2 is 1.25 bits per heavy atom. The van der Waals surface area contributed by atoms with E-state index < -0.39 is 35.1 Å². The van der Waals surface area contributed by atoms with Gasteiger partial charge in [-0.2, -0.15) is 10.3 Å². The van der Waals surface area contributed by atoms with Gasteiger partial charge in [0.2, 0.25) is 0 Å². The Balaban J connectivity index is 3.78. The van der Waals surface area contributed by atoms with E-state index in [2.05, 4.69) is 4.98 Å². The lowest BCUT2D eigenvalue weighted by molar-refractivity contribution is -0.00689. The van der Waals surface area contributed by atoms with E-state index in [-0.39, 0.29) is 11.4 Å². The highest BCUT2D eigenvalue weighted by atomic mass is 16.6. The quantitative estimate of drug-likeness (QED) is 0.430. The van der Waals surface area contributed by atoms with Crippen LogP contribution in [0.5, 0.6) is 0 Å². The molecule has 10 nitrogen and oxygen atoms in total. The van der Waals surface area contributed by atoms with Crippen molar-refractivity contribution in [3.63, 3.8) is 0 Å². The Kier molecular flexibility index (Phi) is 7.86. The molecule has 1 aromatic heterocycles. The van der Waals surface area contributed by atoms with Crippen molar-refractivity contribution >= 4 is 24.1 Å². The first-order chi connectivity index (χ1) is 14.4. The predicted molar refractivity (Wildman–Crippen MR) is 117 cm³/mol. The summed E-state index contributed by atoms with van der Waals surface area (Å²) >= 11 is 0. The number of nitriles is 1. The van der Waals surface area contributed by atoms with Crippen LogP contribution in [0.1, 0.15) is 73.4 Å². The fraction of sp³-hybridized carbons (Fsp3) is 0.591. The minimum absolute atomic E-state index is 0.0320. The Labute approximate surface area is 189 Å². The molecule has 0 radical (unpaired) electrons. The van der Waals surface area contributed by atoms with Gasteiger partial charge in [-0.05, 0) is 80.9 Å². The normalized spacial score (nSPS) is 11.8. The summed E-state index contributed by atoms with van der Waals surface area (Å²) in [6.45, 7) is 16.1. The zero-order chi connectivity index (χ0) is 25.1. The van der Waals surface area contributed by atoms with Gasteiger partial charge < -0.3 is 14.2 Å². The van der Waals surface area contributed by atoms with Crippen molar-refractivity contribution in [3.05, 3.63) is 23.4 Å². The molecule has 0 N–H and O–H groups in total. The number of anilines is 1. The smallest absolute Gasteiger partial charge is 0.440 e. The van der Waals surface area contributed by atoms with Crippen LogP contribution in [-0.2, 0) is 14.2 Å². The van der Waals surface area contributed by atoms with Crippen molar-refractivity contribution < 1.29 is 28.6 Å². The largest absolute Gasteiger partial charge is 0.442 e. The maximum absolute atomic E-state index is 13.2. The van der Waals surface area contributed by atoms with Crippen molar-refractivity contribution in [3.8, 4) is 6.07 Å². The summed E-state index contributed by atoms with van der Waals surface area (Å²) in [5, 5.41) is 10.6. The second-order valence-electron chi connectivity index (χ2n) is 10.0. The van der Waals surface area contributed by atoms with Crippen LogP contribution < -0.4 is 5.01 Å². The van der Waals surface area contributed by atoms with Gasteiger partial charge >= 0.3 is 18.3 Å². The number of pyridine rings is 1. The average Bonchev–Trinajstić information content (AvgIpc) is 2.54. The zero-order valence-electron chi connectivity index (χ0n) is 20.4. The molecule has 0 aliphatic heterocycles. The molecule has 0 bridgehead atoms. The first-order valence-electron chi connectivity index (χ1n) is 10.0. The number of aromatic nitrogens is 1. The van der Waals surface area contributed by atoms with E-state index in [1.807, 2.05) is 6.07 Å². The van der Waals surface area contributed by atoms with Gasteiger partial charge in [0.05, 0.1) is 5.56 Å². The monoisotopic (exact) mass is 448 g/mol. The van der Waals surface area contributed by atoms with Gasteiger partial charge in [0, 0.05) is 6.20 Å². The highest BCUT2D eigenvalue weighted by molar-refractivity contribution is 5.99. The van der Waals surface area contributed by atoms with Crippen molar-refractivity contribution in [1.29, 1.82) is 5.26 Å². The van der Waals surface area contributed by atoms with E-state index in [4.69, 9.17) is 14.2 Å². The van der Waals surface area contributed by atoms with E-state index in [1.165, 1.54) is 6.20 Å². The number of ether oxygens (including phenoxy) is 3. The van der Waals surface area contributed by atoms with E-state index in [1.54, 1.807) is 75.3 Å². The van der Waals surface area contributed by atoms with Crippen LogP contribution in [0.2, 0.25) is 0 Å². The first-order valence-corrected chi connectivity index (χ1v) is 10.0. The van der Waals surface area contributed by atoms with Crippen LogP contribution >= 0.6 is 0 Å². The molecule has 0 saturated heterocycles. The maximum Gasteiger partial charge on any atom is 0.440 e. The van der Waals surface area contributed by atoms with E-state index in [9.17, 15) is 19.6 Å². The fourth-order valence-corrected chi connectivity index (χ4v) is 2.26. The van der Waals surface area contributed by atoms with Gasteiger partial charge in [-0.15, -0.1) is 5.01 Å². The Morgan fingerprint density at radius 1 is 0.844 bits per heavy atom. The number of rotatable bonds is 1. The molecular formula is C22H32N4O6. The molecule has 0 unspecified atom stereocenters. The van der Waals surface area contributed by atoms with E-state index >= 15 is 0 Å². The number of carbonyl (C=O) groups excluding carboxylic acids is 3. The lowest BCUT2D eigenvalue weighted by Crippen LogP contribution is -2.57. The molecule has 176 valence electrons. The van der Waals surface area contributed by atoms with E-state index in [0.29, 0.717) is 15.6 Å². The third-order valence-electron chi connectivity index (χ3n) is 3.35. The van der Waals surface area contributed by atoms with Crippen LogP contribution in [-0.4, -0.2) is 45.1 Å². The molecule has 0 fully saturated rings. The topological polar surface area (TPSA) is 122 Å². The minimum atomic E-state index is -1.20. The predicted octanol–water partition coefficient (Wildman–Crippen LogP) is 5.09. The summed E-state index contributed by atoms with van der Waals surface area (Å²) in [5.41, 5.74) is -2.56. The summed E-state index contributed by atoms with van der Waals surface area (Å²) in [7, 11) is 0. The highest BCUT2D eigenvalue weighted by Gasteiger charge is 2.43. The third-order valence-corrected chi connectivity index (χ3v) is 3.35. The second kappa shape index (κ2) is 9.42. The molecule has 0 spiro atoms. The lowest BCUT2D eigenvalue weighted by atomic mass is 10.1. The van der Waals surface area contributed by atoms with Crippen molar-refractivity contribution in [1.82, 2.24) is 9.99 Å². The van der Waals surface area contributed by atoms with Crippen LogP contribution in [0.3, 0.4) is 0 Å². The molecule has 32 heavy (non-hydrogen) atoms. The molecule has 1 heterocycles.